The number of nitrogens with zero attached hydrogens (tertiary/aromatic N) is 3. The van der Waals surface area contributed by atoms with Crippen LogP contribution in [0.4, 0.5) is 0 Å². The Morgan fingerprint density at radius 1 is 1.09 bits per heavy atom. The molecule has 4 bridgehead atoms. The fourth-order valence-electron chi connectivity index (χ4n) is 6.27. The van der Waals surface area contributed by atoms with Gasteiger partial charge in [-0.05, 0) is 75.5 Å². The monoisotopic (exact) mass is 314 g/mol. The van der Waals surface area contributed by atoms with Gasteiger partial charge in [-0.3, -0.25) is 4.79 Å². The van der Waals surface area contributed by atoms with Crippen LogP contribution in [0.3, 0.4) is 0 Å². The molecule has 0 spiro atoms. The van der Waals surface area contributed by atoms with Crippen molar-refractivity contribution in [2.24, 2.45) is 29.6 Å². The van der Waals surface area contributed by atoms with Crippen LogP contribution >= 0.6 is 0 Å². The van der Waals surface area contributed by atoms with Crippen molar-refractivity contribution < 1.29 is 4.79 Å². The van der Waals surface area contributed by atoms with Crippen molar-refractivity contribution in [1.29, 1.82) is 0 Å². The molecule has 1 aromatic heterocycles. The number of nitrogens with one attached hydrogen (secondary N) is 1. The number of fused-ring (bicyclic) bond motifs is 1. The summed E-state index contributed by atoms with van der Waals surface area (Å²) < 4.78 is 2.17. The second-order valence-corrected chi connectivity index (χ2v) is 8.42. The van der Waals surface area contributed by atoms with Crippen molar-refractivity contribution in [3.8, 4) is 0 Å². The van der Waals surface area contributed by atoms with Gasteiger partial charge < -0.3 is 9.88 Å². The number of aromatic nitrogens is 3. The lowest BCUT2D eigenvalue weighted by Crippen LogP contribution is -2.51. The molecule has 1 amide bonds. The summed E-state index contributed by atoms with van der Waals surface area (Å²) in [4.78, 5) is 13.0. The molecule has 1 aromatic rings. The van der Waals surface area contributed by atoms with Crippen LogP contribution in [-0.2, 0) is 11.3 Å². The third-order valence-corrected chi connectivity index (χ3v) is 7.00. The molecular formula is C18H26N4O. The topological polar surface area (TPSA) is 59.8 Å². The molecule has 1 atom stereocenters. The average molecular weight is 314 g/mol. The first-order chi connectivity index (χ1) is 11.2. The summed E-state index contributed by atoms with van der Waals surface area (Å²) in [6.07, 6.45) is 8.72. The maximum absolute atomic E-state index is 13.0. The molecule has 5 heteroatoms. The predicted molar refractivity (Wildman–Crippen MR) is 85.4 cm³/mol. The Morgan fingerprint density at radius 3 is 2.48 bits per heavy atom. The lowest BCUT2D eigenvalue weighted by molar-refractivity contribution is -0.139. The summed E-state index contributed by atoms with van der Waals surface area (Å²) in [5.74, 6) is 5.63. The summed E-state index contributed by atoms with van der Waals surface area (Å²) >= 11 is 0. The minimum absolute atomic E-state index is 0.0645. The van der Waals surface area contributed by atoms with Crippen LogP contribution in [-0.4, -0.2) is 20.7 Å². The van der Waals surface area contributed by atoms with Crippen molar-refractivity contribution in [3.05, 3.63) is 11.6 Å². The van der Waals surface area contributed by atoms with Crippen molar-refractivity contribution in [2.75, 3.05) is 0 Å². The zero-order chi connectivity index (χ0) is 15.6. The van der Waals surface area contributed by atoms with E-state index in [2.05, 4.69) is 20.1 Å². The van der Waals surface area contributed by atoms with E-state index in [0.717, 1.165) is 42.9 Å². The van der Waals surface area contributed by atoms with Crippen LogP contribution in [0.1, 0.15) is 62.6 Å². The highest BCUT2D eigenvalue weighted by atomic mass is 16.2. The maximum atomic E-state index is 13.0. The summed E-state index contributed by atoms with van der Waals surface area (Å²) in [5.41, 5.74) is 0. The maximum Gasteiger partial charge on any atom is 0.224 e. The van der Waals surface area contributed by atoms with Gasteiger partial charge in [-0.2, -0.15) is 0 Å². The van der Waals surface area contributed by atoms with Crippen molar-refractivity contribution in [2.45, 2.75) is 64.5 Å². The lowest BCUT2D eigenvalue weighted by Gasteiger charge is -2.53. The van der Waals surface area contributed by atoms with Crippen LogP contribution in [0, 0.1) is 36.5 Å². The minimum Gasteiger partial charge on any atom is -0.346 e. The summed E-state index contributed by atoms with van der Waals surface area (Å²) in [7, 11) is 0. The molecule has 4 fully saturated rings. The summed E-state index contributed by atoms with van der Waals surface area (Å²) in [5, 5.41) is 11.9. The van der Waals surface area contributed by atoms with E-state index < -0.39 is 0 Å². The molecule has 23 heavy (non-hydrogen) atoms. The van der Waals surface area contributed by atoms with Gasteiger partial charge in [0.2, 0.25) is 5.91 Å². The lowest BCUT2D eigenvalue weighted by atomic mass is 9.51. The summed E-state index contributed by atoms with van der Waals surface area (Å²) in [6, 6.07) is 0.0645. The van der Waals surface area contributed by atoms with Gasteiger partial charge in [0.15, 0.2) is 5.82 Å². The largest absolute Gasteiger partial charge is 0.346 e. The van der Waals surface area contributed by atoms with E-state index in [1.807, 2.05) is 6.92 Å². The van der Waals surface area contributed by atoms with Gasteiger partial charge in [0.1, 0.15) is 5.82 Å². The number of rotatable bonds is 2. The molecule has 4 aliphatic carbocycles. The Hall–Kier alpha value is -1.39. The fraction of sp³-hybridized carbons (Fsp3) is 0.833. The molecule has 4 saturated carbocycles. The average Bonchev–Trinajstić information content (AvgIpc) is 2.89. The standard InChI is InChI=1S/C18H26N4O/c1-10-20-21-17-15(3-2-4-22(10)17)19-18(23)16-13-6-11-5-12(8-13)9-14(16)7-11/h11-16H,2-9H2,1H3,(H,19,23)/t11?,12?,13?,14?,15-,16?/m0/s1. The van der Waals surface area contributed by atoms with E-state index in [4.69, 9.17) is 0 Å². The molecule has 5 nitrogen and oxygen atoms in total. The van der Waals surface area contributed by atoms with E-state index in [9.17, 15) is 4.79 Å². The Bertz CT molecular complexity index is 609. The van der Waals surface area contributed by atoms with Crippen LogP contribution < -0.4 is 5.32 Å². The van der Waals surface area contributed by atoms with E-state index >= 15 is 0 Å². The number of aryl methyl sites for hydroxylation is 1. The first-order valence-corrected chi connectivity index (χ1v) is 9.39. The van der Waals surface area contributed by atoms with Crippen LogP contribution in [0.25, 0.3) is 0 Å². The second-order valence-electron chi connectivity index (χ2n) is 8.42. The van der Waals surface area contributed by atoms with Crippen LogP contribution in [0.2, 0.25) is 0 Å². The molecular weight excluding hydrogens is 288 g/mol. The van der Waals surface area contributed by atoms with Gasteiger partial charge in [-0.25, -0.2) is 0 Å². The minimum atomic E-state index is 0.0645. The first kappa shape index (κ1) is 14.0. The van der Waals surface area contributed by atoms with Crippen molar-refractivity contribution in [1.82, 2.24) is 20.1 Å². The molecule has 6 rings (SSSR count). The third kappa shape index (κ3) is 2.15. The van der Waals surface area contributed by atoms with Gasteiger partial charge in [0.05, 0.1) is 6.04 Å². The molecule has 1 aliphatic heterocycles. The van der Waals surface area contributed by atoms with Crippen LogP contribution in [0.5, 0.6) is 0 Å². The van der Waals surface area contributed by atoms with Crippen molar-refractivity contribution in [3.63, 3.8) is 0 Å². The van der Waals surface area contributed by atoms with E-state index in [1.54, 1.807) is 0 Å². The first-order valence-electron chi connectivity index (χ1n) is 9.39. The highest BCUT2D eigenvalue weighted by molar-refractivity contribution is 5.80. The van der Waals surface area contributed by atoms with Crippen molar-refractivity contribution >= 4 is 5.91 Å². The van der Waals surface area contributed by atoms with Gasteiger partial charge in [-0.1, -0.05) is 0 Å². The third-order valence-electron chi connectivity index (χ3n) is 7.00. The Balaban J connectivity index is 1.34. The molecule has 0 aromatic carbocycles. The van der Waals surface area contributed by atoms with E-state index in [0.29, 0.717) is 17.7 Å². The second kappa shape index (κ2) is 5.05. The number of amides is 1. The quantitative estimate of drug-likeness (QED) is 0.913. The summed E-state index contributed by atoms with van der Waals surface area (Å²) in [6.45, 7) is 2.98. The number of hydrogen-bond acceptors (Lipinski definition) is 3. The molecule has 0 saturated heterocycles. The number of carbonyl (C=O) groups is 1. The zero-order valence-electron chi connectivity index (χ0n) is 13.9. The highest BCUT2D eigenvalue weighted by Gasteiger charge is 2.51. The zero-order valence-corrected chi connectivity index (χ0v) is 13.9. The van der Waals surface area contributed by atoms with E-state index in [-0.39, 0.29) is 12.0 Å². The van der Waals surface area contributed by atoms with Crippen LogP contribution in [0.15, 0.2) is 0 Å². The van der Waals surface area contributed by atoms with Gasteiger partial charge in [0.25, 0.3) is 0 Å². The van der Waals surface area contributed by atoms with Gasteiger partial charge >= 0.3 is 0 Å². The van der Waals surface area contributed by atoms with Gasteiger partial charge in [-0.15, -0.1) is 10.2 Å². The number of hydrogen-bond donors (Lipinski definition) is 1. The molecule has 124 valence electrons. The fourth-order valence-corrected chi connectivity index (χ4v) is 6.27. The Labute approximate surface area is 137 Å². The highest BCUT2D eigenvalue weighted by Crippen LogP contribution is 2.56. The molecule has 5 aliphatic rings. The molecule has 2 heterocycles. The normalized spacial score (nSPS) is 40.9. The Kier molecular flexibility index (Phi) is 3.07. The Morgan fingerprint density at radius 2 is 1.78 bits per heavy atom. The molecule has 1 N–H and O–H groups in total. The number of carbonyl (C=O) groups excluding carboxylic acids is 1. The predicted octanol–water partition coefficient (Wildman–Crippen LogP) is 2.61. The SMILES string of the molecule is Cc1nnc2n1CCC[C@@H]2NC(=O)C1C2CC3CC(C2)CC1C3. The smallest absolute Gasteiger partial charge is 0.224 e. The van der Waals surface area contributed by atoms with E-state index in [1.165, 1.54) is 32.1 Å². The molecule has 0 unspecified atom stereocenters. The molecule has 0 radical (unpaired) electrons. The van der Waals surface area contributed by atoms with Gasteiger partial charge in [0, 0.05) is 12.5 Å².